The predicted octanol–water partition coefficient (Wildman–Crippen LogP) is 2.38. The Balaban J connectivity index is 2.11. The number of benzene rings is 1. The van der Waals surface area contributed by atoms with Crippen LogP contribution in [0.3, 0.4) is 0 Å². The Hall–Kier alpha value is -0.810. The summed E-state index contributed by atoms with van der Waals surface area (Å²) in [7, 11) is -0.358. The van der Waals surface area contributed by atoms with Gasteiger partial charge in [0.1, 0.15) is 0 Å². The number of hydrogen-bond acceptors (Lipinski definition) is 4. The van der Waals surface area contributed by atoms with Crippen molar-refractivity contribution in [2.24, 2.45) is 0 Å². The first-order chi connectivity index (χ1) is 11.2. The molecule has 1 saturated heterocycles. The highest BCUT2D eigenvalue weighted by Crippen LogP contribution is 2.36. The highest BCUT2D eigenvalue weighted by atomic mass is 16.7. The van der Waals surface area contributed by atoms with Crippen LogP contribution in [0.2, 0.25) is 6.82 Å². The zero-order valence-electron chi connectivity index (χ0n) is 17.1. The van der Waals surface area contributed by atoms with Gasteiger partial charge < -0.3 is 19.1 Å². The molecule has 0 aromatic heterocycles. The molecule has 0 amide bonds. The van der Waals surface area contributed by atoms with Crippen LogP contribution in [0, 0.1) is 0 Å². The second-order valence-corrected chi connectivity index (χ2v) is 9.08. The third-order valence-electron chi connectivity index (χ3n) is 5.88. The number of aliphatic hydroxyl groups is 1. The molecule has 1 N–H and O–H groups in total. The molecule has 0 atom stereocenters. The molecule has 6 heteroatoms. The van der Waals surface area contributed by atoms with Gasteiger partial charge in [0, 0.05) is 0 Å². The predicted molar refractivity (Wildman–Crippen MR) is 105 cm³/mol. The second-order valence-electron chi connectivity index (χ2n) is 9.08. The number of rotatable bonds is 5. The monoisotopic (exact) mass is 346 g/mol. The fourth-order valence-corrected chi connectivity index (χ4v) is 2.56. The first-order valence-electron chi connectivity index (χ1n) is 9.02. The van der Waals surface area contributed by atoms with E-state index in [0.717, 1.165) is 10.9 Å². The summed E-state index contributed by atoms with van der Waals surface area (Å²) in [5.41, 5.74) is -0.220. The normalized spacial score (nSPS) is 20.0. The third-order valence-corrected chi connectivity index (χ3v) is 5.88. The Labute approximate surface area is 153 Å². The molecule has 2 rings (SSSR count). The van der Waals surface area contributed by atoms with Crippen LogP contribution in [0.15, 0.2) is 24.3 Å². The van der Waals surface area contributed by atoms with E-state index in [-0.39, 0.29) is 25.2 Å². The fraction of sp³-hybridized carbons (Fsp3) is 0.684. The topological polar surface area (TPSA) is 47.9 Å². The summed E-state index contributed by atoms with van der Waals surface area (Å²) in [6.45, 7) is 17.4. The van der Waals surface area contributed by atoms with Crippen LogP contribution >= 0.6 is 0 Å². The van der Waals surface area contributed by atoms with E-state index in [4.69, 9.17) is 14.0 Å². The van der Waals surface area contributed by atoms with Gasteiger partial charge in [-0.15, -0.1) is 0 Å². The van der Waals surface area contributed by atoms with E-state index in [1.54, 1.807) is 13.8 Å². The maximum Gasteiger partial charge on any atom is 0.494 e. The minimum absolute atomic E-state index is 0.131. The van der Waals surface area contributed by atoms with Crippen molar-refractivity contribution in [1.82, 2.24) is 0 Å². The van der Waals surface area contributed by atoms with Gasteiger partial charge >= 0.3 is 14.0 Å². The van der Waals surface area contributed by atoms with Gasteiger partial charge in [-0.2, -0.15) is 0 Å². The average molecular weight is 346 g/mol. The fourth-order valence-electron chi connectivity index (χ4n) is 2.56. The molecule has 1 aliphatic rings. The molecule has 25 heavy (non-hydrogen) atoms. The van der Waals surface area contributed by atoms with Crippen molar-refractivity contribution in [2.45, 2.75) is 84.6 Å². The summed E-state index contributed by atoms with van der Waals surface area (Å²) in [5, 5.41) is 10.3. The lowest BCUT2D eigenvalue weighted by Gasteiger charge is -2.39. The van der Waals surface area contributed by atoms with E-state index in [1.807, 2.05) is 44.9 Å². The molecule has 1 aliphatic heterocycles. The minimum Gasteiger partial charge on any atom is -0.423 e. The molecule has 1 aromatic carbocycles. The summed E-state index contributed by atoms with van der Waals surface area (Å²) in [6, 6.07) is 8.11. The Kier molecular flexibility index (Phi) is 5.26. The van der Waals surface area contributed by atoms with Crippen molar-refractivity contribution in [1.29, 1.82) is 0 Å². The van der Waals surface area contributed by atoms with E-state index in [2.05, 4.69) is 27.7 Å². The van der Waals surface area contributed by atoms with Gasteiger partial charge in [-0.25, -0.2) is 0 Å². The van der Waals surface area contributed by atoms with Crippen LogP contribution < -0.4 is 10.9 Å². The molecule has 0 saturated carbocycles. The molecular weight excluding hydrogens is 314 g/mol. The molecule has 0 radical (unpaired) electrons. The van der Waals surface area contributed by atoms with Gasteiger partial charge in [0.15, 0.2) is 0 Å². The Bertz CT molecular complexity index is 587. The highest BCUT2D eigenvalue weighted by Gasteiger charge is 2.51. The summed E-state index contributed by atoms with van der Waals surface area (Å²) < 4.78 is 18.3. The van der Waals surface area contributed by atoms with Crippen LogP contribution in [0.1, 0.15) is 55.4 Å². The Morgan fingerprint density at radius 3 is 1.80 bits per heavy atom. The van der Waals surface area contributed by atoms with Crippen molar-refractivity contribution in [3.8, 4) is 0 Å². The van der Waals surface area contributed by atoms with E-state index < -0.39 is 11.2 Å². The molecule has 4 nitrogen and oxygen atoms in total. The smallest absolute Gasteiger partial charge is 0.423 e. The molecule has 0 aliphatic carbocycles. The van der Waals surface area contributed by atoms with Gasteiger partial charge in [0.25, 0.3) is 0 Å². The van der Waals surface area contributed by atoms with Crippen molar-refractivity contribution >= 4 is 25.0 Å². The van der Waals surface area contributed by atoms with Crippen LogP contribution in [0.4, 0.5) is 0 Å². The van der Waals surface area contributed by atoms with Gasteiger partial charge in [0.2, 0.25) is 0 Å². The molecule has 1 aromatic rings. The van der Waals surface area contributed by atoms with Gasteiger partial charge in [-0.05, 0) is 66.3 Å². The molecule has 0 bridgehead atoms. The molecular formula is C19H32B2O4. The first kappa shape index (κ1) is 20.5. The molecule has 138 valence electrons. The van der Waals surface area contributed by atoms with Gasteiger partial charge in [0.05, 0.1) is 22.4 Å². The minimum atomic E-state index is -0.927. The zero-order chi connectivity index (χ0) is 19.3. The maximum absolute atomic E-state index is 10.3. The molecule has 0 unspecified atom stereocenters. The first-order valence-corrected chi connectivity index (χ1v) is 9.02. The van der Waals surface area contributed by atoms with E-state index >= 15 is 0 Å². The Morgan fingerprint density at radius 2 is 1.40 bits per heavy atom. The average Bonchev–Trinajstić information content (AvgIpc) is 2.66. The van der Waals surface area contributed by atoms with E-state index in [1.165, 1.54) is 0 Å². The SMILES string of the molecule is CB(OC(C)(C)C(C)(C)O)c1ccc(B2OC(C)(C)C(C)(C)O2)cc1. The summed E-state index contributed by atoms with van der Waals surface area (Å²) in [5.74, 6) is 0. The van der Waals surface area contributed by atoms with Crippen molar-refractivity contribution in [2.75, 3.05) is 0 Å². The Morgan fingerprint density at radius 1 is 0.960 bits per heavy atom. The van der Waals surface area contributed by atoms with Crippen LogP contribution in [-0.4, -0.2) is 41.5 Å². The number of hydrogen-bond donors (Lipinski definition) is 1. The van der Waals surface area contributed by atoms with Crippen LogP contribution in [-0.2, 0) is 14.0 Å². The van der Waals surface area contributed by atoms with Crippen molar-refractivity contribution in [3.63, 3.8) is 0 Å². The van der Waals surface area contributed by atoms with Crippen molar-refractivity contribution in [3.05, 3.63) is 24.3 Å². The summed E-state index contributed by atoms with van der Waals surface area (Å²) in [6.07, 6.45) is 0. The lowest BCUT2D eigenvalue weighted by atomic mass is 9.61. The van der Waals surface area contributed by atoms with Crippen LogP contribution in [0.5, 0.6) is 0 Å². The maximum atomic E-state index is 10.3. The molecule has 0 spiro atoms. The lowest BCUT2D eigenvalue weighted by Crippen LogP contribution is -2.52. The molecule has 1 fully saturated rings. The highest BCUT2D eigenvalue weighted by molar-refractivity contribution is 6.67. The quantitative estimate of drug-likeness (QED) is 0.832. The van der Waals surface area contributed by atoms with Crippen LogP contribution in [0.25, 0.3) is 0 Å². The van der Waals surface area contributed by atoms with E-state index in [9.17, 15) is 5.11 Å². The summed E-state index contributed by atoms with van der Waals surface area (Å²) >= 11 is 0. The molecule has 1 heterocycles. The largest absolute Gasteiger partial charge is 0.494 e. The zero-order valence-corrected chi connectivity index (χ0v) is 17.1. The standard InChI is InChI=1S/C19H32B2O4/c1-16(2,22)17(3,4)23-20(9)14-10-12-15(13-11-14)21-24-18(5,6)19(7,8)25-21/h10-13,22H,1-9H3. The van der Waals surface area contributed by atoms with Gasteiger partial charge in [-0.3, -0.25) is 0 Å². The second kappa shape index (κ2) is 6.41. The van der Waals surface area contributed by atoms with Crippen molar-refractivity contribution < 1.29 is 19.1 Å². The summed E-state index contributed by atoms with van der Waals surface area (Å²) in [4.78, 5) is 0. The lowest BCUT2D eigenvalue weighted by molar-refractivity contribution is -0.0918. The van der Waals surface area contributed by atoms with E-state index in [0.29, 0.717) is 0 Å². The third kappa shape index (κ3) is 4.13. The van der Waals surface area contributed by atoms with Gasteiger partial charge in [-0.1, -0.05) is 31.1 Å².